The lowest BCUT2D eigenvalue weighted by Gasteiger charge is -2.23. The molecule has 0 amide bonds. The van der Waals surface area contributed by atoms with E-state index >= 15 is 0 Å². The number of fused-ring (bicyclic) bond motifs is 1. The highest BCUT2D eigenvalue weighted by Gasteiger charge is 2.27. The Balaban J connectivity index is 0.00000155. The molecular weight excluding hydrogens is 372 g/mol. The van der Waals surface area contributed by atoms with Crippen molar-refractivity contribution in [2.75, 3.05) is 6.61 Å². The molecule has 3 aromatic rings. The molecule has 0 fully saturated rings. The molecule has 0 aliphatic rings. The van der Waals surface area contributed by atoms with Crippen molar-refractivity contribution < 1.29 is 5.11 Å². The first-order chi connectivity index (χ1) is 14.5. The van der Waals surface area contributed by atoms with Gasteiger partial charge in [0.05, 0.1) is 11.5 Å². The Bertz CT molecular complexity index is 1180. The summed E-state index contributed by atoms with van der Waals surface area (Å²) in [7, 11) is 0. The number of H-pyrrole nitrogens is 1. The van der Waals surface area contributed by atoms with Gasteiger partial charge in [0.25, 0.3) is 5.56 Å². The molecule has 1 aromatic heterocycles. The molecule has 0 aliphatic carbocycles. The summed E-state index contributed by atoms with van der Waals surface area (Å²) < 4.78 is 0. The van der Waals surface area contributed by atoms with Crippen LogP contribution in [0.25, 0.3) is 10.9 Å². The smallest absolute Gasteiger partial charge is 0.251 e. The summed E-state index contributed by atoms with van der Waals surface area (Å²) in [5.41, 5.74) is 3.31. The largest absolute Gasteiger partial charge is 0.384 e. The number of benzene rings is 2. The van der Waals surface area contributed by atoms with Crippen molar-refractivity contribution >= 4 is 10.9 Å². The predicted octanol–water partition coefficient (Wildman–Crippen LogP) is 4.48. The lowest BCUT2D eigenvalue weighted by molar-refractivity contribution is 0.350. The summed E-state index contributed by atoms with van der Waals surface area (Å²) in [5.74, 6) is 5.54. The second-order valence-electron chi connectivity index (χ2n) is 7.06. The third-order valence-corrected chi connectivity index (χ3v) is 4.98. The van der Waals surface area contributed by atoms with Crippen LogP contribution in [0.1, 0.15) is 49.9 Å². The van der Waals surface area contributed by atoms with Gasteiger partial charge in [0.15, 0.2) is 0 Å². The summed E-state index contributed by atoms with van der Waals surface area (Å²) in [6, 6.07) is 17.8. The maximum atomic E-state index is 12.2. The highest BCUT2D eigenvalue weighted by Crippen LogP contribution is 2.30. The Morgan fingerprint density at radius 1 is 1.13 bits per heavy atom. The van der Waals surface area contributed by atoms with Gasteiger partial charge >= 0.3 is 0 Å². The molecule has 0 saturated carbocycles. The van der Waals surface area contributed by atoms with Crippen LogP contribution in [-0.4, -0.2) is 16.7 Å². The Labute approximate surface area is 178 Å². The van der Waals surface area contributed by atoms with E-state index in [2.05, 4.69) is 22.9 Å². The van der Waals surface area contributed by atoms with Gasteiger partial charge < -0.3 is 10.1 Å². The van der Waals surface area contributed by atoms with Crippen LogP contribution in [-0.2, 0) is 18.3 Å². The lowest BCUT2D eigenvalue weighted by atomic mass is 9.78. The number of aromatic nitrogens is 1. The fraction of sp³-hybridized carbons (Fsp3) is 0.308. The first-order valence-corrected chi connectivity index (χ1v) is 10.3. The van der Waals surface area contributed by atoms with Gasteiger partial charge in [-0.2, -0.15) is 5.26 Å². The fourth-order valence-corrected chi connectivity index (χ4v) is 3.37. The molecule has 0 spiro atoms. The molecule has 2 N–H and O–H groups in total. The molecular formula is C26H28N2O2. The number of aryl methyl sites for hydroxylation is 1. The number of aliphatic hydroxyl groups excluding tert-OH is 1. The van der Waals surface area contributed by atoms with E-state index in [4.69, 9.17) is 5.11 Å². The molecule has 0 aliphatic heterocycles. The SMILES string of the molecule is CC.CCc1cc2ccc([C@@](C)(C#N)Cc3cccc(C#CCO)c3)cc2[nH]c1=O. The molecule has 1 atom stereocenters. The molecule has 0 saturated heterocycles. The zero-order chi connectivity index (χ0) is 22.1. The third-order valence-electron chi connectivity index (χ3n) is 4.98. The lowest BCUT2D eigenvalue weighted by Crippen LogP contribution is -2.23. The molecule has 3 rings (SSSR count). The van der Waals surface area contributed by atoms with Crippen molar-refractivity contribution in [3.63, 3.8) is 0 Å². The number of nitriles is 1. The van der Waals surface area contributed by atoms with Crippen LogP contribution in [0, 0.1) is 23.2 Å². The van der Waals surface area contributed by atoms with Gasteiger partial charge in [-0.1, -0.05) is 56.9 Å². The zero-order valence-electron chi connectivity index (χ0n) is 18.0. The number of hydrogen-bond donors (Lipinski definition) is 2. The summed E-state index contributed by atoms with van der Waals surface area (Å²) in [6.07, 6.45) is 1.19. The maximum absolute atomic E-state index is 12.2. The monoisotopic (exact) mass is 400 g/mol. The van der Waals surface area contributed by atoms with E-state index in [9.17, 15) is 10.1 Å². The third kappa shape index (κ3) is 5.17. The number of aromatic amines is 1. The van der Waals surface area contributed by atoms with Gasteiger partial charge in [-0.05, 0) is 60.5 Å². The highest BCUT2D eigenvalue weighted by atomic mass is 16.2. The van der Waals surface area contributed by atoms with Gasteiger partial charge in [-0.25, -0.2) is 0 Å². The summed E-state index contributed by atoms with van der Waals surface area (Å²) in [5, 5.41) is 19.8. The maximum Gasteiger partial charge on any atom is 0.251 e. The normalized spacial score (nSPS) is 12.0. The van der Waals surface area contributed by atoms with Crippen LogP contribution >= 0.6 is 0 Å². The number of pyridine rings is 1. The average molecular weight is 401 g/mol. The topological polar surface area (TPSA) is 76.9 Å². The van der Waals surface area contributed by atoms with Crippen molar-refractivity contribution in [2.45, 2.75) is 46.0 Å². The van der Waals surface area contributed by atoms with Gasteiger partial charge in [0.1, 0.15) is 6.61 Å². The standard InChI is InChI=1S/C24H22N2O2.C2H6/c1-3-19-13-20-9-10-21(14-22(20)26-23(19)28)24(2,16-25)15-18-7-4-6-17(12-18)8-5-11-27;1-2/h4,6-7,9-10,12-14,27H,3,11,15H2,1-2H3,(H,26,28);1-2H3/t24-;/m1./s1. The minimum Gasteiger partial charge on any atom is -0.384 e. The van der Waals surface area contributed by atoms with Crippen LogP contribution in [0.15, 0.2) is 53.3 Å². The van der Waals surface area contributed by atoms with Crippen LogP contribution in [0.4, 0.5) is 0 Å². The van der Waals surface area contributed by atoms with E-state index in [1.54, 1.807) is 0 Å². The zero-order valence-corrected chi connectivity index (χ0v) is 18.0. The van der Waals surface area contributed by atoms with Gasteiger partial charge in [0, 0.05) is 16.6 Å². The molecule has 0 bridgehead atoms. The molecule has 0 radical (unpaired) electrons. The number of nitrogens with one attached hydrogen (secondary N) is 1. The number of rotatable bonds is 4. The fourth-order valence-electron chi connectivity index (χ4n) is 3.37. The van der Waals surface area contributed by atoms with Gasteiger partial charge in [0.2, 0.25) is 0 Å². The Kier molecular flexibility index (Phi) is 7.98. The second-order valence-corrected chi connectivity index (χ2v) is 7.06. The van der Waals surface area contributed by atoms with Gasteiger partial charge in [-0.15, -0.1) is 0 Å². The number of aliphatic hydroxyl groups is 1. The van der Waals surface area contributed by atoms with E-state index in [0.717, 1.165) is 33.2 Å². The molecule has 4 nitrogen and oxygen atoms in total. The van der Waals surface area contributed by atoms with E-state index in [-0.39, 0.29) is 12.2 Å². The Morgan fingerprint density at radius 2 is 1.90 bits per heavy atom. The Morgan fingerprint density at radius 3 is 2.57 bits per heavy atom. The van der Waals surface area contributed by atoms with E-state index < -0.39 is 5.41 Å². The molecule has 30 heavy (non-hydrogen) atoms. The van der Waals surface area contributed by atoms with Crippen LogP contribution < -0.4 is 5.56 Å². The molecule has 4 heteroatoms. The number of hydrogen-bond acceptors (Lipinski definition) is 3. The highest BCUT2D eigenvalue weighted by molar-refractivity contribution is 5.80. The molecule has 1 heterocycles. The first kappa shape index (κ1) is 22.9. The second kappa shape index (κ2) is 10.4. The first-order valence-electron chi connectivity index (χ1n) is 10.3. The summed E-state index contributed by atoms with van der Waals surface area (Å²) in [4.78, 5) is 15.1. The molecule has 0 unspecified atom stereocenters. The number of nitrogens with zero attached hydrogens (tertiary/aromatic N) is 1. The Hall–Kier alpha value is -3.34. The predicted molar refractivity (Wildman–Crippen MR) is 122 cm³/mol. The van der Waals surface area contributed by atoms with Crippen molar-refractivity contribution in [1.82, 2.24) is 4.98 Å². The quantitative estimate of drug-likeness (QED) is 0.634. The van der Waals surface area contributed by atoms with Crippen LogP contribution in [0.5, 0.6) is 0 Å². The van der Waals surface area contributed by atoms with Gasteiger partial charge in [-0.3, -0.25) is 4.79 Å². The van der Waals surface area contributed by atoms with Crippen LogP contribution in [0.3, 0.4) is 0 Å². The minimum absolute atomic E-state index is 0.0824. The van der Waals surface area contributed by atoms with E-state index in [1.165, 1.54) is 0 Å². The summed E-state index contributed by atoms with van der Waals surface area (Å²) in [6.45, 7) is 7.67. The molecule has 154 valence electrons. The van der Waals surface area contributed by atoms with Crippen molar-refractivity contribution in [3.8, 4) is 17.9 Å². The van der Waals surface area contributed by atoms with Crippen molar-refractivity contribution in [1.29, 1.82) is 5.26 Å². The van der Waals surface area contributed by atoms with Crippen molar-refractivity contribution in [3.05, 3.63) is 81.1 Å². The van der Waals surface area contributed by atoms with Crippen molar-refractivity contribution in [2.24, 2.45) is 0 Å². The average Bonchev–Trinajstić information content (AvgIpc) is 2.78. The minimum atomic E-state index is -0.752. The van der Waals surface area contributed by atoms with Crippen LogP contribution in [0.2, 0.25) is 0 Å². The van der Waals surface area contributed by atoms with E-state index in [0.29, 0.717) is 12.8 Å². The molecule has 2 aromatic carbocycles. The van der Waals surface area contributed by atoms with E-state index in [1.807, 2.05) is 76.2 Å². The summed E-state index contributed by atoms with van der Waals surface area (Å²) >= 11 is 0.